The molecule has 3 nitrogen and oxygen atoms in total. The second-order valence-electron chi connectivity index (χ2n) is 4.59. The minimum Gasteiger partial charge on any atom is -0.399 e. The van der Waals surface area contributed by atoms with Gasteiger partial charge in [-0.25, -0.2) is 0 Å². The summed E-state index contributed by atoms with van der Waals surface area (Å²) in [5.74, 6) is 0.650. The molecule has 19 heavy (non-hydrogen) atoms. The van der Waals surface area contributed by atoms with Crippen LogP contribution in [0.4, 0.5) is 5.69 Å². The number of allylic oxidation sites excluding steroid dienone is 2. The van der Waals surface area contributed by atoms with Crippen molar-refractivity contribution < 1.29 is 4.79 Å². The largest absolute Gasteiger partial charge is 0.399 e. The van der Waals surface area contributed by atoms with E-state index >= 15 is 0 Å². The van der Waals surface area contributed by atoms with Crippen molar-refractivity contribution in [2.45, 2.75) is 31.1 Å². The Morgan fingerprint density at radius 3 is 2.95 bits per heavy atom. The average molecular weight is 276 g/mol. The normalized spacial score (nSPS) is 14.3. The summed E-state index contributed by atoms with van der Waals surface area (Å²) in [6.45, 7) is 2.78. The first-order valence-corrected chi connectivity index (χ1v) is 7.67. The highest BCUT2D eigenvalue weighted by atomic mass is 32.2. The molecule has 0 aromatic heterocycles. The lowest BCUT2D eigenvalue weighted by atomic mass is 10.3. The van der Waals surface area contributed by atoms with E-state index in [4.69, 9.17) is 5.73 Å². The van der Waals surface area contributed by atoms with E-state index in [1.807, 2.05) is 36.1 Å². The van der Waals surface area contributed by atoms with E-state index in [0.717, 1.165) is 30.0 Å². The summed E-state index contributed by atoms with van der Waals surface area (Å²) in [5.41, 5.74) is 7.67. The molecule has 1 aliphatic carbocycles. The van der Waals surface area contributed by atoms with Crippen molar-refractivity contribution in [2.24, 2.45) is 0 Å². The molecule has 2 N–H and O–H groups in total. The third-order valence-electron chi connectivity index (χ3n) is 3.20. The van der Waals surface area contributed by atoms with Crippen molar-refractivity contribution in [2.75, 3.05) is 18.0 Å². The van der Waals surface area contributed by atoms with E-state index in [0.29, 0.717) is 5.75 Å². The summed E-state index contributed by atoms with van der Waals surface area (Å²) in [7, 11) is 0. The third kappa shape index (κ3) is 3.77. The smallest absolute Gasteiger partial charge is 0.237 e. The van der Waals surface area contributed by atoms with Crippen molar-refractivity contribution in [3.05, 3.63) is 36.0 Å². The van der Waals surface area contributed by atoms with Crippen LogP contribution in [-0.4, -0.2) is 23.1 Å². The molecule has 0 atom stereocenters. The van der Waals surface area contributed by atoms with Crippen molar-refractivity contribution >= 4 is 23.4 Å². The molecule has 1 aliphatic rings. The number of benzene rings is 1. The molecule has 0 fully saturated rings. The number of hydrogen-bond donors (Lipinski definition) is 1. The van der Waals surface area contributed by atoms with Gasteiger partial charge in [-0.1, -0.05) is 12.1 Å². The number of hydrogen-bond acceptors (Lipinski definition) is 3. The lowest BCUT2D eigenvalue weighted by Gasteiger charge is -2.22. The van der Waals surface area contributed by atoms with Gasteiger partial charge in [-0.2, -0.15) is 0 Å². The Morgan fingerprint density at radius 2 is 2.32 bits per heavy atom. The molecule has 0 saturated carbocycles. The second-order valence-corrected chi connectivity index (χ2v) is 5.64. The van der Waals surface area contributed by atoms with E-state index in [1.54, 1.807) is 11.8 Å². The molecule has 0 heterocycles. The fourth-order valence-electron chi connectivity index (χ4n) is 2.27. The van der Waals surface area contributed by atoms with Gasteiger partial charge in [0.25, 0.3) is 0 Å². The van der Waals surface area contributed by atoms with E-state index < -0.39 is 0 Å². The van der Waals surface area contributed by atoms with Crippen molar-refractivity contribution in [3.63, 3.8) is 0 Å². The molecule has 0 radical (unpaired) electrons. The summed E-state index contributed by atoms with van der Waals surface area (Å²) in [5, 5.41) is 0. The van der Waals surface area contributed by atoms with Crippen LogP contribution in [0.5, 0.6) is 0 Å². The molecule has 102 valence electrons. The first-order chi connectivity index (χ1) is 9.20. The Bertz CT molecular complexity index is 485. The number of nitrogens with zero attached hydrogens (tertiary/aromatic N) is 1. The minimum absolute atomic E-state index is 0.183. The quantitative estimate of drug-likeness (QED) is 0.663. The van der Waals surface area contributed by atoms with Crippen LogP contribution in [0, 0.1) is 0 Å². The zero-order chi connectivity index (χ0) is 13.7. The van der Waals surface area contributed by atoms with Crippen molar-refractivity contribution in [3.8, 4) is 0 Å². The van der Waals surface area contributed by atoms with Crippen molar-refractivity contribution in [1.29, 1.82) is 0 Å². The van der Waals surface area contributed by atoms with Crippen LogP contribution in [0.3, 0.4) is 0 Å². The number of rotatable bonds is 5. The lowest BCUT2D eigenvalue weighted by Crippen LogP contribution is -2.31. The Balaban J connectivity index is 1.92. The van der Waals surface area contributed by atoms with Gasteiger partial charge in [-0.05, 0) is 44.4 Å². The molecule has 0 spiro atoms. The monoisotopic (exact) mass is 276 g/mol. The van der Waals surface area contributed by atoms with Gasteiger partial charge in [0.1, 0.15) is 0 Å². The van der Waals surface area contributed by atoms with Crippen LogP contribution in [0.25, 0.3) is 0 Å². The van der Waals surface area contributed by atoms with Gasteiger partial charge in [-0.15, -0.1) is 11.8 Å². The maximum atomic E-state index is 12.3. The van der Waals surface area contributed by atoms with E-state index in [2.05, 4.69) is 6.08 Å². The number of carbonyl (C=O) groups is 1. The molecule has 1 aromatic carbocycles. The van der Waals surface area contributed by atoms with Crippen LogP contribution in [0.1, 0.15) is 26.2 Å². The highest BCUT2D eigenvalue weighted by Gasteiger charge is 2.18. The molecular weight excluding hydrogens is 256 g/mol. The van der Waals surface area contributed by atoms with Gasteiger partial charge in [0.2, 0.25) is 5.91 Å². The van der Waals surface area contributed by atoms with E-state index in [-0.39, 0.29) is 5.91 Å². The van der Waals surface area contributed by atoms with Crippen LogP contribution >= 0.6 is 11.8 Å². The van der Waals surface area contributed by atoms with E-state index in [9.17, 15) is 4.79 Å². The van der Waals surface area contributed by atoms with Gasteiger partial charge < -0.3 is 10.6 Å². The Hall–Kier alpha value is -1.42. The zero-order valence-electron chi connectivity index (χ0n) is 11.3. The van der Waals surface area contributed by atoms with Crippen LogP contribution < -0.4 is 5.73 Å². The molecule has 0 saturated heterocycles. The summed E-state index contributed by atoms with van der Waals surface area (Å²) < 4.78 is 0. The first kappa shape index (κ1) is 14.0. The topological polar surface area (TPSA) is 46.3 Å². The maximum Gasteiger partial charge on any atom is 0.237 e. The molecule has 0 aliphatic heterocycles. The average Bonchev–Trinajstić information content (AvgIpc) is 2.91. The standard InChI is InChI=1S/C15H20N2OS/c1-2-17(13-7-3-4-8-13)15(18)11-19-14-9-5-6-12(16)10-14/h5-7,9-10H,2-4,8,11,16H2,1H3. The number of thioether (sulfide) groups is 1. The van der Waals surface area contributed by atoms with Gasteiger partial charge in [-0.3, -0.25) is 4.79 Å². The highest BCUT2D eigenvalue weighted by molar-refractivity contribution is 8.00. The van der Waals surface area contributed by atoms with E-state index in [1.165, 1.54) is 12.1 Å². The maximum absolute atomic E-state index is 12.3. The molecule has 4 heteroatoms. The molecule has 0 bridgehead atoms. The summed E-state index contributed by atoms with van der Waals surface area (Å²) in [6.07, 6.45) is 5.48. The van der Waals surface area contributed by atoms with Crippen LogP contribution in [0.15, 0.2) is 40.9 Å². The first-order valence-electron chi connectivity index (χ1n) is 6.68. The highest BCUT2D eigenvalue weighted by Crippen LogP contribution is 2.24. The number of carbonyl (C=O) groups excluding carboxylic acids is 1. The Morgan fingerprint density at radius 1 is 1.47 bits per heavy atom. The summed E-state index contributed by atoms with van der Waals surface area (Å²) in [6, 6.07) is 7.66. The van der Waals surface area contributed by atoms with Crippen LogP contribution in [0.2, 0.25) is 0 Å². The van der Waals surface area contributed by atoms with Crippen molar-refractivity contribution in [1.82, 2.24) is 4.90 Å². The SMILES string of the molecule is CCN(C(=O)CSc1cccc(N)c1)C1=CCCC1. The predicted molar refractivity (Wildman–Crippen MR) is 80.9 cm³/mol. The van der Waals surface area contributed by atoms with Crippen LogP contribution in [-0.2, 0) is 4.79 Å². The summed E-state index contributed by atoms with van der Waals surface area (Å²) in [4.78, 5) is 15.2. The molecule has 1 aromatic rings. The molecular formula is C15H20N2OS. The minimum atomic E-state index is 0.183. The third-order valence-corrected chi connectivity index (χ3v) is 4.18. The predicted octanol–water partition coefficient (Wildman–Crippen LogP) is 3.28. The van der Waals surface area contributed by atoms with Gasteiger partial charge in [0.15, 0.2) is 0 Å². The Labute approximate surface area is 118 Å². The van der Waals surface area contributed by atoms with Gasteiger partial charge >= 0.3 is 0 Å². The molecule has 1 amide bonds. The van der Waals surface area contributed by atoms with Gasteiger partial charge in [0, 0.05) is 22.8 Å². The fourth-order valence-corrected chi connectivity index (χ4v) is 3.11. The number of nitrogens with two attached hydrogens (primary N) is 1. The number of anilines is 1. The lowest BCUT2D eigenvalue weighted by molar-refractivity contribution is -0.126. The number of nitrogen functional groups attached to an aromatic ring is 1. The van der Waals surface area contributed by atoms with Gasteiger partial charge in [0.05, 0.1) is 5.75 Å². The molecule has 0 unspecified atom stereocenters. The fraction of sp³-hybridized carbons (Fsp3) is 0.400. The second kappa shape index (κ2) is 6.66. The zero-order valence-corrected chi connectivity index (χ0v) is 12.1. The number of amides is 1. The molecule has 2 rings (SSSR count). The Kier molecular flexibility index (Phi) is 4.91. The summed E-state index contributed by atoms with van der Waals surface area (Å²) >= 11 is 1.55.